The lowest BCUT2D eigenvalue weighted by Gasteiger charge is -2.31. The molecule has 2 heterocycles. The largest absolute Gasteiger partial charge is 0.488 e. The van der Waals surface area contributed by atoms with Gasteiger partial charge in [-0.2, -0.15) is 0 Å². The Kier molecular flexibility index (Phi) is 4.30. The van der Waals surface area contributed by atoms with Gasteiger partial charge in [0.2, 0.25) is 0 Å². The fraction of sp³-hybridized carbons (Fsp3) is 0.167. The molecule has 0 fully saturated rings. The van der Waals surface area contributed by atoms with Crippen LogP contribution in [-0.4, -0.2) is 7.05 Å². The Morgan fingerprint density at radius 1 is 1.04 bits per heavy atom. The summed E-state index contributed by atoms with van der Waals surface area (Å²) in [4.78, 5) is 3.53. The van der Waals surface area contributed by atoms with Crippen LogP contribution in [0, 0.1) is 6.92 Å². The number of fused-ring (bicyclic) bond motifs is 4. The van der Waals surface area contributed by atoms with Gasteiger partial charge in [-0.15, -0.1) is 11.3 Å². The van der Waals surface area contributed by atoms with Gasteiger partial charge >= 0.3 is 0 Å². The minimum Gasteiger partial charge on any atom is -0.488 e. The van der Waals surface area contributed by atoms with Crippen molar-refractivity contribution in [2.24, 2.45) is 0 Å². The third kappa shape index (κ3) is 3.05. The molecule has 2 nitrogen and oxygen atoms in total. The summed E-state index contributed by atoms with van der Waals surface area (Å²) in [6.45, 7) is 3.64. The molecular formula is C24H20ClNOS. The highest BCUT2D eigenvalue weighted by atomic mass is 35.5. The van der Waals surface area contributed by atoms with Crippen LogP contribution in [0.4, 0.5) is 5.69 Å². The molecule has 0 radical (unpaired) electrons. The van der Waals surface area contributed by atoms with E-state index >= 15 is 0 Å². The number of ether oxygens (including phenoxy) is 1. The van der Waals surface area contributed by atoms with Gasteiger partial charge in [0.25, 0.3) is 0 Å². The Bertz CT molecular complexity index is 1200. The number of hydrogen-bond donors (Lipinski definition) is 0. The Labute approximate surface area is 173 Å². The van der Waals surface area contributed by atoms with E-state index in [1.165, 1.54) is 42.9 Å². The summed E-state index contributed by atoms with van der Waals surface area (Å²) >= 11 is 7.85. The number of nitrogens with zero attached hydrogens (tertiary/aromatic N) is 1. The molecule has 0 saturated carbocycles. The maximum absolute atomic E-state index is 6.12. The molecule has 1 aliphatic rings. The second kappa shape index (κ2) is 6.84. The van der Waals surface area contributed by atoms with Gasteiger partial charge in [-0.3, -0.25) is 0 Å². The average molecular weight is 406 g/mol. The topological polar surface area (TPSA) is 12.5 Å². The maximum atomic E-state index is 6.12. The molecule has 0 saturated heterocycles. The predicted molar refractivity (Wildman–Crippen MR) is 120 cm³/mol. The van der Waals surface area contributed by atoms with E-state index in [4.69, 9.17) is 16.3 Å². The highest BCUT2D eigenvalue weighted by Gasteiger charge is 2.21. The second-order valence-electron chi connectivity index (χ2n) is 7.33. The normalized spacial score (nSPS) is 12.8. The van der Waals surface area contributed by atoms with E-state index in [9.17, 15) is 0 Å². The van der Waals surface area contributed by atoms with Crippen molar-refractivity contribution < 1.29 is 4.74 Å². The standard InChI is InChI=1S/C24H20ClNOS/c1-15-4-3-5-22-21-8-7-19(11-17(21)13-26(2)24(15)22)27-14-20-12-16-10-18(25)6-9-23(16)28-20/h3-12H,13-14H2,1-2H3. The Hall–Kier alpha value is -2.49. The van der Waals surface area contributed by atoms with Crippen molar-refractivity contribution in [2.45, 2.75) is 20.1 Å². The zero-order chi connectivity index (χ0) is 19.3. The van der Waals surface area contributed by atoms with Gasteiger partial charge in [-0.1, -0.05) is 35.9 Å². The number of para-hydroxylation sites is 1. The third-order valence-electron chi connectivity index (χ3n) is 5.30. The average Bonchev–Trinajstić information content (AvgIpc) is 3.08. The van der Waals surface area contributed by atoms with E-state index in [0.717, 1.165) is 17.3 Å². The molecule has 0 bridgehead atoms. The van der Waals surface area contributed by atoms with Crippen molar-refractivity contribution in [3.8, 4) is 16.9 Å². The van der Waals surface area contributed by atoms with Crippen LogP contribution >= 0.6 is 22.9 Å². The van der Waals surface area contributed by atoms with Crippen molar-refractivity contribution in [1.29, 1.82) is 0 Å². The maximum Gasteiger partial charge on any atom is 0.122 e. The van der Waals surface area contributed by atoms with Gasteiger partial charge in [-0.05, 0) is 65.4 Å². The van der Waals surface area contributed by atoms with Crippen LogP contribution in [0.15, 0.2) is 60.7 Å². The third-order valence-corrected chi connectivity index (χ3v) is 6.63. The zero-order valence-corrected chi connectivity index (χ0v) is 17.4. The Morgan fingerprint density at radius 2 is 1.93 bits per heavy atom. The van der Waals surface area contributed by atoms with Crippen LogP contribution in [0.1, 0.15) is 16.0 Å². The molecule has 1 aliphatic heterocycles. The minimum atomic E-state index is 0.571. The summed E-state index contributed by atoms with van der Waals surface area (Å²) < 4.78 is 7.36. The molecule has 0 atom stereocenters. The number of rotatable bonds is 3. The lowest BCUT2D eigenvalue weighted by Crippen LogP contribution is -2.22. The van der Waals surface area contributed by atoms with Crippen LogP contribution in [0.3, 0.4) is 0 Å². The van der Waals surface area contributed by atoms with Crippen LogP contribution in [0.25, 0.3) is 21.2 Å². The molecule has 3 aromatic carbocycles. The van der Waals surface area contributed by atoms with Gasteiger partial charge in [0, 0.05) is 39.4 Å². The molecule has 0 spiro atoms. The molecule has 1 aromatic heterocycles. The molecular weight excluding hydrogens is 386 g/mol. The van der Waals surface area contributed by atoms with Gasteiger partial charge < -0.3 is 9.64 Å². The molecule has 0 aliphatic carbocycles. The lowest BCUT2D eigenvalue weighted by molar-refractivity contribution is 0.309. The Balaban J connectivity index is 1.41. The van der Waals surface area contributed by atoms with Gasteiger partial charge in [0.1, 0.15) is 12.4 Å². The van der Waals surface area contributed by atoms with Crippen LogP contribution in [-0.2, 0) is 13.2 Å². The summed E-state index contributed by atoms with van der Waals surface area (Å²) in [5, 5.41) is 1.95. The fourth-order valence-electron chi connectivity index (χ4n) is 4.07. The van der Waals surface area contributed by atoms with E-state index < -0.39 is 0 Å². The summed E-state index contributed by atoms with van der Waals surface area (Å²) in [5.74, 6) is 0.916. The molecule has 0 amide bonds. The van der Waals surface area contributed by atoms with Crippen molar-refractivity contribution in [3.05, 3.63) is 81.7 Å². The number of benzene rings is 3. The molecule has 5 rings (SSSR count). The van der Waals surface area contributed by atoms with Gasteiger partial charge in [-0.25, -0.2) is 0 Å². The quantitative estimate of drug-likeness (QED) is 0.361. The SMILES string of the molecule is Cc1cccc2c1N(C)Cc1cc(OCc3cc4cc(Cl)ccc4s3)ccc1-2. The number of anilines is 1. The van der Waals surface area contributed by atoms with Crippen molar-refractivity contribution in [3.63, 3.8) is 0 Å². The smallest absolute Gasteiger partial charge is 0.122 e. The molecule has 4 heteroatoms. The van der Waals surface area contributed by atoms with Crippen LogP contribution < -0.4 is 9.64 Å². The highest BCUT2D eigenvalue weighted by molar-refractivity contribution is 7.19. The second-order valence-corrected chi connectivity index (χ2v) is 8.93. The van der Waals surface area contributed by atoms with Crippen molar-refractivity contribution >= 4 is 38.7 Å². The first-order valence-electron chi connectivity index (χ1n) is 9.33. The number of halogens is 1. The predicted octanol–water partition coefficient (Wildman–Crippen LogP) is 7.06. The molecule has 4 aromatic rings. The van der Waals surface area contributed by atoms with Gasteiger partial charge in [0.05, 0.1) is 0 Å². The van der Waals surface area contributed by atoms with Crippen molar-refractivity contribution in [1.82, 2.24) is 0 Å². The Morgan fingerprint density at radius 3 is 2.82 bits per heavy atom. The van der Waals surface area contributed by atoms with E-state index in [1.807, 2.05) is 12.1 Å². The van der Waals surface area contributed by atoms with E-state index in [-0.39, 0.29) is 0 Å². The molecule has 0 unspecified atom stereocenters. The van der Waals surface area contributed by atoms with Gasteiger partial charge in [0.15, 0.2) is 0 Å². The van der Waals surface area contributed by atoms with E-state index in [0.29, 0.717) is 6.61 Å². The number of hydrogen-bond acceptors (Lipinski definition) is 3. The first-order chi connectivity index (χ1) is 13.6. The molecule has 28 heavy (non-hydrogen) atoms. The van der Waals surface area contributed by atoms with Crippen LogP contribution in [0.2, 0.25) is 5.02 Å². The summed E-state index contributed by atoms with van der Waals surface area (Å²) in [6, 6.07) is 21.2. The van der Waals surface area contributed by atoms with E-state index in [1.54, 1.807) is 11.3 Å². The summed E-state index contributed by atoms with van der Waals surface area (Å²) in [5.41, 5.74) is 6.56. The number of aryl methyl sites for hydroxylation is 1. The van der Waals surface area contributed by atoms with E-state index in [2.05, 4.69) is 67.4 Å². The van der Waals surface area contributed by atoms with Crippen LogP contribution in [0.5, 0.6) is 5.75 Å². The number of thiophene rings is 1. The molecule has 0 N–H and O–H groups in total. The highest BCUT2D eigenvalue weighted by Crippen LogP contribution is 2.41. The summed E-state index contributed by atoms with van der Waals surface area (Å²) in [6.07, 6.45) is 0. The minimum absolute atomic E-state index is 0.571. The molecule has 140 valence electrons. The monoisotopic (exact) mass is 405 g/mol. The first-order valence-corrected chi connectivity index (χ1v) is 10.5. The van der Waals surface area contributed by atoms with Crippen molar-refractivity contribution in [2.75, 3.05) is 11.9 Å². The fourth-order valence-corrected chi connectivity index (χ4v) is 5.20. The lowest BCUT2D eigenvalue weighted by atomic mass is 9.91. The summed E-state index contributed by atoms with van der Waals surface area (Å²) in [7, 11) is 2.16. The first kappa shape index (κ1) is 17.6. The zero-order valence-electron chi connectivity index (χ0n) is 15.8.